The van der Waals surface area contributed by atoms with E-state index in [1.54, 1.807) is 18.0 Å². The maximum Gasteiger partial charge on any atom is 0.240 e. The topological polar surface area (TPSA) is 118 Å². The Balaban J connectivity index is 1.93. The molecule has 9 heteroatoms. The lowest BCUT2D eigenvalue weighted by Crippen LogP contribution is -2.48. The Morgan fingerprint density at radius 2 is 2.09 bits per heavy atom. The Hall–Kier alpha value is -1.74. The van der Waals surface area contributed by atoms with E-state index in [1.165, 1.54) is 0 Å². The number of carbonyl (C=O) groups excluding carboxylic acids is 1. The summed E-state index contributed by atoms with van der Waals surface area (Å²) in [7, 11) is -3.39. The minimum Gasteiger partial charge on any atom is -0.368 e. The Morgan fingerprint density at radius 3 is 2.64 bits per heavy atom. The van der Waals surface area contributed by atoms with Gasteiger partial charge in [-0.1, -0.05) is 0 Å². The number of anilines is 1. The largest absolute Gasteiger partial charge is 0.368 e. The molecule has 122 valence electrons. The molecule has 0 bridgehead atoms. The lowest BCUT2D eigenvalue weighted by atomic mass is 9.93. The Labute approximate surface area is 130 Å². The number of nitrogen functional groups attached to an aromatic ring is 1. The molecule has 2 rings (SSSR count). The Morgan fingerprint density at radius 1 is 1.45 bits per heavy atom. The molecular formula is C13H21N5O3S. The van der Waals surface area contributed by atoms with Crippen LogP contribution in [0.4, 0.5) is 5.95 Å². The quantitative estimate of drug-likeness (QED) is 0.784. The summed E-state index contributed by atoms with van der Waals surface area (Å²) in [5, 5.41) is 0. The van der Waals surface area contributed by atoms with Gasteiger partial charge in [0.1, 0.15) is 0 Å². The summed E-state index contributed by atoms with van der Waals surface area (Å²) in [6.07, 6.45) is 4.22. The smallest absolute Gasteiger partial charge is 0.240 e. The molecule has 22 heavy (non-hydrogen) atoms. The van der Waals surface area contributed by atoms with Gasteiger partial charge in [0, 0.05) is 30.9 Å². The molecule has 1 aromatic heterocycles. The Kier molecular flexibility index (Phi) is 4.97. The summed E-state index contributed by atoms with van der Waals surface area (Å²) in [6, 6.07) is 1.09. The number of nitrogens with zero attached hydrogens (tertiary/aromatic N) is 3. The highest BCUT2D eigenvalue weighted by molar-refractivity contribution is 7.88. The van der Waals surface area contributed by atoms with Crippen LogP contribution < -0.4 is 10.5 Å². The number of hydrogen-bond acceptors (Lipinski definition) is 6. The van der Waals surface area contributed by atoms with Crippen molar-refractivity contribution in [2.75, 3.05) is 25.1 Å². The van der Waals surface area contributed by atoms with Crippen LogP contribution in [0.25, 0.3) is 0 Å². The first-order valence-electron chi connectivity index (χ1n) is 7.11. The standard InChI is InChI=1S/C13H21N5O3S/c1-9(17-22(2,20)21)12(19)18-7-4-10(5-8-18)11-3-6-15-13(14)16-11/h3,6,9-10,17H,4-5,7-8H2,1-2H3,(H2,14,15,16)/t9-/m0/s1. The van der Waals surface area contributed by atoms with Gasteiger partial charge in [0.25, 0.3) is 0 Å². The molecule has 1 aliphatic heterocycles. The second-order valence-electron chi connectivity index (χ2n) is 5.55. The molecule has 0 aliphatic carbocycles. The molecule has 1 amide bonds. The van der Waals surface area contributed by atoms with E-state index in [4.69, 9.17) is 5.73 Å². The number of aromatic nitrogens is 2. The van der Waals surface area contributed by atoms with Gasteiger partial charge in [0.2, 0.25) is 21.9 Å². The number of likely N-dealkylation sites (tertiary alicyclic amines) is 1. The van der Waals surface area contributed by atoms with E-state index in [1.807, 2.05) is 6.07 Å². The fourth-order valence-corrected chi connectivity index (χ4v) is 3.40. The Bertz CT molecular complexity index is 641. The summed E-state index contributed by atoms with van der Waals surface area (Å²) in [5.41, 5.74) is 6.48. The van der Waals surface area contributed by atoms with E-state index in [0.29, 0.717) is 13.1 Å². The van der Waals surface area contributed by atoms with Crippen molar-refractivity contribution in [3.63, 3.8) is 0 Å². The first-order chi connectivity index (χ1) is 10.3. The first-order valence-corrected chi connectivity index (χ1v) is 9.00. The molecule has 0 spiro atoms. The predicted molar refractivity (Wildman–Crippen MR) is 82.4 cm³/mol. The number of sulfonamides is 1. The van der Waals surface area contributed by atoms with Crippen molar-refractivity contribution in [3.05, 3.63) is 18.0 Å². The molecular weight excluding hydrogens is 306 g/mol. The molecule has 1 fully saturated rings. The van der Waals surface area contributed by atoms with Gasteiger partial charge in [0.05, 0.1) is 12.3 Å². The van der Waals surface area contributed by atoms with Gasteiger partial charge in [-0.15, -0.1) is 0 Å². The third-order valence-electron chi connectivity index (χ3n) is 3.68. The fraction of sp³-hybridized carbons (Fsp3) is 0.615. The van der Waals surface area contributed by atoms with Crippen LogP contribution in [0.5, 0.6) is 0 Å². The first kappa shape index (κ1) is 16.6. The minimum atomic E-state index is -3.39. The van der Waals surface area contributed by atoms with Gasteiger partial charge in [-0.05, 0) is 25.8 Å². The van der Waals surface area contributed by atoms with Gasteiger partial charge in [-0.2, -0.15) is 0 Å². The molecule has 0 unspecified atom stereocenters. The second kappa shape index (κ2) is 6.57. The van der Waals surface area contributed by atoms with Crippen LogP contribution in [0.15, 0.2) is 12.3 Å². The summed E-state index contributed by atoms with van der Waals surface area (Å²) in [5.74, 6) is 0.292. The predicted octanol–water partition coefficient (Wildman–Crippen LogP) is -0.297. The number of piperidine rings is 1. The zero-order chi connectivity index (χ0) is 16.3. The highest BCUT2D eigenvalue weighted by Crippen LogP contribution is 2.26. The van der Waals surface area contributed by atoms with E-state index in [9.17, 15) is 13.2 Å². The summed E-state index contributed by atoms with van der Waals surface area (Å²) in [6.45, 7) is 2.70. The molecule has 1 atom stereocenters. The van der Waals surface area contributed by atoms with Gasteiger partial charge < -0.3 is 10.6 Å². The lowest BCUT2D eigenvalue weighted by Gasteiger charge is -2.33. The number of nitrogens with one attached hydrogen (secondary N) is 1. The molecule has 1 saturated heterocycles. The van der Waals surface area contributed by atoms with Crippen LogP contribution in [0.1, 0.15) is 31.4 Å². The van der Waals surface area contributed by atoms with Gasteiger partial charge >= 0.3 is 0 Å². The minimum absolute atomic E-state index is 0.203. The van der Waals surface area contributed by atoms with E-state index >= 15 is 0 Å². The van der Waals surface area contributed by atoms with Crippen molar-refractivity contribution in [2.24, 2.45) is 0 Å². The van der Waals surface area contributed by atoms with Crippen molar-refractivity contribution in [2.45, 2.75) is 31.7 Å². The van der Waals surface area contributed by atoms with Crippen LogP contribution in [0.2, 0.25) is 0 Å². The highest BCUT2D eigenvalue weighted by Gasteiger charge is 2.28. The number of rotatable bonds is 4. The van der Waals surface area contributed by atoms with Gasteiger partial charge in [-0.25, -0.2) is 23.1 Å². The molecule has 8 nitrogen and oxygen atoms in total. The number of carbonyl (C=O) groups is 1. The van der Waals surface area contributed by atoms with Crippen molar-refractivity contribution in [1.82, 2.24) is 19.6 Å². The second-order valence-corrected chi connectivity index (χ2v) is 7.33. The number of nitrogens with two attached hydrogens (primary N) is 1. The molecule has 2 heterocycles. The normalized spacial score (nSPS) is 18.2. The average Bonchev–Trinajstić information content (AvgIpc) is 2.45. The monoisotopic (exact) mass is 327 g/mol. The van der Waals surface area contributed by atoms with Crippen LogP contribution in [0, 0.1) is 0 Å². The zero-order valence-corrected chi connectivity index (χ0v) is 13.5. The molecule has 0 saturated carbocycles. The maximum absolute atomic E-state index is 12.2. The number of hydrogen-bond donors (Lipinski definition) is 2. The summed E-state index contributed by atoms with van der Waals surface area (Å²) < 4.78 is 24.7. The van der Waals surface area contributed by atoms with Gasteiger partial charge in [0.15, 0.2) is 0 Å². The van der Waals surface area contributed by atoms with E-state index in [2.05, 4.69) is 14.7 Å². The maximum atomic E-state index is 12.2. The molecule has 1 aliphatic rings. The average molecular weight is 327 g/mol. The van der Waals surface area contributed by atoms with Crippen molar-refractivity contribution >= 4 is 21.9 Å². The van der Waals surface area contributed by atoms with Crippen molar-refractivity contribution < 1.29 is 13.2 Å². The molecule has 0 radical (unpaired) electrons. The molecule has 0 aromatic carbocycles. The highest BCUT2D eigenvalue weighted by atomic mass is 32.2. The van der Waals surface area contributed by atoms with Crippen LogP contribution in [-0.4, -0.2) is 54.6 Å². The molecule has 3 N–H and O–H groups in total. The summed E-state index contributed by atoms with van der Waals surface area (Å²) in [4.78, 5) is 22.0. The van der Waals surface area contributed by atoms with Crippen LogP contribution in [0.3, 0.4) is 0 Å². The van der Waals surface area contributed by atoms with Crippen LogP contribution in [-0.2, 0) is 14.8 Å². The van der Waals surface area contributed by atoms with E-state index in [-0.39, 0.29) is 17.8 Å². The SMILES string of the molecule is C[C@H](NS(C)(=O)=O)C(=O)N1CCC(c2ccnc(N)n2)CC1. The number of amides is 1. The summed E-state index contributed by atoms with van der Waals surface area (Å²) >= 11 is 0. The molecule has 1 aromatic rings. The van der Waals surface area contributed by atoms with Crippen LogP contribution >= 0.6 is 0 Å². The lowest BCUT2D eigenvalue weighted by molar-refractivity contribution is -0.133. The third-order valence-corrected chi connectivity index (χ3v) is 4.46. The van der Waals surface area contributed by atoms with Crippen molar-refractivity contribution in [1.29, 1.82) is 0 Å². The van der Waals surface area contributed by atoms with Crippen molar-refractivity contribution in [3.8, 4) is 0 Å². The van der Waals surface area contributed by atoms with Gasteiger partial charge in [-0.3, -0.25) is 4.79 Å². The van der Waals surface area contributed by atoms with E-state index < -0.39 is 16.1 Å². The zero-order valence-electron chi connectivity index (χ0n) is 12.7. The fourth-order valence-electron chi connectivity index (χ4n) is 2.66. The van der Waals surface area contributed by atoms with E-state index in [0.717, 1.165) is 24.8 Å². The third kappa shape index (κ3) is 4.38.